The fourth-order valence-electron chi connectivity index (χ4n) is 8.76. The zero-order valence-electron chi connectivity index (χ0n) is 22.5. The molecule has 3 fully saturated rings. The Morgan fingerprint density at radius 3 is 2.67 bits per heavy atom. The number of aliphatic hydroxyl groups excluding tert-OH is 1. The highest BCUT2D eigenvalue weighted by molar-refractivity contribution is 8.13. The van der Waals surface area contributed by atoms with Gasteiger partial charge in [-0.1, -0.05) is 48.5 Å². The second kappa shape index (κ2) is 9.69. The minimum atomic E-state index is -2.22. The molecule has 1 heterocycles. The van der Waals surface area contributed by atoms with Crippen LogP contribution in [0.2, 0.25) is 5.02 Å². The summed E-state index contributed by atoms with van der Waals surface area (Å²) in [5.41, 5.74) is -5.13. The predicted molar refractivity (Wildman–Crippen MR) is 146 cm³/mol. The number of aliphatic hydroxyl groups is 1. The minimum Gasteiger partial charge on any atom is -0.390 e. The number of hydroxylamine groups is 2. The monoisotopic (exact) mass is 595 g/mol. The summed E-state index contributed by atoms with van der Waals surface area (Å²) in [7, 11) is 0. The quantitative estimate of drug-likeness (QED) is 0.454. The first-order chi connectivity index (χ1) is 18.9. The second-order valence-corrected chi connectivity index (χ2v) is 13.9. The Bertz CT molecular complexity index is 1310. The van der Waals surface area contributed by atoms with Gasteiger partial charge in [-0.05, 0) is 55.0 Å². The van der Waals surface area contributed by atoms with Crippen molar-refractivity contribution in [2.24, 2.45) is 28.6 Å². The van der Waals surface area contributed by atoms with Crippen molar-refractivity contribution in [3.8, 4) is 0 Å². The van der Waals surface area contributed by atoms with Crippen molar-refractivity contribution < 1.29 is 32.7 Å². The number of nitrogens with zero attached hydrogens (tertiary/aromatic N) is 1. The van der Waals surface area contributed by atoms with Gasteiger partial charge in [0, 0.05) is 59.4 Å². The number of alkyl halides is 2. The molecule has 10 heteroatoms. The molecule has 5 aliphatic rings. The van der Waals surface area contributed by atoms with Gasteiger partial charge in [0.05, 0.1) is 12.8 Å². The number of hydrogen-bond donors (Lipinski definition) is 1. The number of carbonyl (C=O) groups is 2. The molecule has 216 valence electrons. The maximum absolute atomic E-state index is 17.5. The maximum atomic E-state index is 17.5. The van der Waals surface area contributed by atoms with Crippen LogP contribution in [-0.4, -0.2) is 57.4 Å². The summed E-state index contributed by atoms with van der Waals surface area (Å²) in [6.07, 6.45) is 1.05. The molecule has 5 nitrogen and oxygen atoms in total. The molecule has 1 N–H and O–H groups in total. The molecule has 1 aliphatic heterocycles. The number of hydrogen-bond acceptors (Lipinski definition) is 6. The molecule has 1 aromatic carbocycles. The molecular weight excluding hydrogens is 563 g/mol. The van der Waals surface area contributed by atoms with Gasteiger partial charge in [0.2, 0.25) is 5.12 Å². The number of ketones is 1. The Kier molecular flexibility index (Phi) is 6.90. The summed E-state index contributed by atoms with van der Waals surface area (Å²) in [5.74, 6) is -2.60. The van der Waals surface area contributed by atoms with Crippen molar-refractivity contribution in [3.05, 3.63) is 58.4 Å². The van der Waals surface area contributed by atoms with Crippen LogP contribution >= 0.6 is 23.4 Å². The smallest absolute Gasteiger partial charge is 0.223 e. The van der Waals surface area contributed by atoms with Gasteiger partial charge in [-0.3, -0.25) is 18.8 Å². The first-order valence-corrected chi connectivity index (χ1v) is 15.2. The van der Waals surface area contributed by atoms with Crippen molar-refractivity contribution in [3.63, 3.8) is 0 Å². The molecule has 4 aliphatic carbocycles. The Morgan fingerprint density at radius 1 is 1.25 bits per heavy atom. The molecular formula is C30H33ClF3NO4S. The third-order valence-corrected chi connectivity index (χ3v) is 11.8. The zero-order chi connectivity index (χ0) is 28.7. The van der Waals surface area contributed by atoms with Gasteiger partial charge < -0.3 is 5.11 Å². The fourth-order valence-corrected chi connectivity index (χ4v) is 9.80. The van der Waals surface area contributed by atoms with Crippen LogP contribution < -0.4 is 0 Å². The molecule has 0 radical (unpaired) electrons. The van der Waals surface area contributed by atoms with E-state index in [1.807, 2.05) is 19.1 Å². The summed E-state index contributed by atoms with van der Waals surface area (Å²) in [5, 5.41) is 13.6. The number of benzene rings is 1. The third kappa shape index (κ3) is 3.73. The van der Waals surface area contributed by atoms with E-state index >= 15 is 8.78 Å². The van der Waals surface area contributed by atoms with Crippen LogP contribution in [0.4, 0.5) is 13.2 Å². The molecule has 0 amide bonds. The average molecular weight is 596 g/mol. The Morgan fingerprint density at radius 2 is 1.98 bits per heavy atom. The van der Waals surface area contributed by atoms with Gasteiger partial charge in [-0.2, -0.15) is 5.06 Å². The number of halogens is 4. The lowest BCUT2D eigenvalue weighted by atomic mass is 9.45. The number of thioether (sulfide) groups is 1. The number of carbonyl (C=O) groups excluding carboxylic acids is 2. The molecule has 0 aromatic heterocycles. The maximum Gasteiger partial charge on any atom is 0.223 e. The zero-order valence-corrected chi connectivity index (χ0v) is 24.0. The Hall–Kier alpha value is -1.65. The molecule has 0 bridgehead atoms. The molecule has 8 atom stereocenters. The lowest BCUT2D eigenvalue weighted by molar-refractivity contribution is -0.263. The summed E-state index contributed by atoms with van der Waals surface area (Å²) in [4.78, 5) is 32.7. The normalized spacial score (nSPS) is 42.4. The van der Waals surface area contributed by atoms with Crippen molar-refractivity contribution in [2.75, 3.05) is 19.0 Å². The summed E-state index contributed by atoms with van der Waals surface area (Å²) in [6.45, 7) is 3.50. The van der Waals surface area contributed by atoms with E-state index in [4.69, 9.17) is 16.4 Å². The van der Waals surface area contributed by atoms with Gasteiger partial charge in [-0.25, -0.2) is 8.78 Å². The van der Waals surface area contributed by atoms with Crippen molar-refractivity contribution in [1.82, 2.24) is 5.06 Å². The van der Waals surface area contributed by atoms with Crippen LogP contribution in [0.15, 0.2) is 47.8 Å². The van der Waals surface area contributed by atoms with Crippen LogP contribution in [0.5, 0.6) is 0 Å². The van der Waals surface area contributed by atoms with Crippen LogP contribution in [0.3, 0.4) is 0 Å². The number of fused-ring (bicyclic) bond motifs is 7. The molecule has 40 heavy (non-hydrogen) atoms. The fraction of sp³-hybridized carbons (Fsp3) is 0.600. The van der Waals surface area contributed by atoms with E-state index in [1.54, 1.807) is 24.1 Å². The summed E-state index contributed by atoms with van der Waals surface area (Å²) in [6, 6.07) is 7.29. The van der Waals surface area contributed by atoms with E-state index in [1.165, 1.54) is 12.2 Å². The van der Waals surface area contributed by atoms with E-state index in [0.717, 1.165) is 17.3 Å². The molecule has 0 unspecified atom stereocenters. The highest BCUT2D eigenvalue weighted by atomic mass is 35.5. The molecule has 6 rings (SSSR count). The van der Waals surface area contributed by atoms with Crippen molar-refractivity contribution in [2.45, 2.75) is 63.4 Å². The van der Waals surface area contributed by atoms with Crippen LogP contribution in [0.1, 0.15) is 45.1 Å². The van der Waals surface area contributed by atoms with E-state index in [9.17, 15) is 19.1 Å². The minimum absolute atomic E-state index is 0.0365. The number of rotatable bonds is 5. The van der Waals surface area contributed by atoms with Gasteiger partial charge >= 0.3 is 0 Å². The van der Waals surface area contributed by atoms with E-state index in [-0.39, 0.29) is 47.4 Å². The highest BCUT2D eigenvalue weighted by Crippen LogP contribution is 2.73. The Labute approximate surface area is 241 Å². The van der Waals surface area contributed by atoms with Crippen LogP contribution in [-0.2, 0) is 21.0 Å². The van der Waals surface area contributed by atoms with Gasteiger partial charge in [0.1, 0.15) is 5.83 Å². The van der Waals surface area contributed by atoms with E-state index in [0.29, 0.717) is 24.5 Å². The largest absolute Gasteiger partial charge is 0.390 e. The molecule has 1 aromatic rings. The van der Waals surface area contributed by atoms with E-state index in [2.05, 4.69) is 0 Å². The third-order valence-electron chi connectivity index (χ3n) is 10.6. The first kappa shape index (κ1) is 28.5. The highest BCUT2D eigenvalue weighted by Gasteiger charge is 2.79. The first-order valence-electron chi connectivity index (χ1n) is 13.8. The predicted octanol–water partition coefficient (Wildman–Crippen LogP) is 5.95. The van der Waals surface area contributed by atoms with Gasteiger partial charge in [-0.15, -0.1) is 0 Å². The number of allylic oxidation sites excluding steroid dienone is 4. The summed E-state index contributed by atoms with van der Waals surface area (Å²) < 4.78 is 46.5. The SMILES string of the molecule is C[C@]12C=CC(=O)CC1=C(F)C[C@H]1[C@@H]3C[C@H]4CN(Cc5ccc(Cl)cc5)O[C@@]4(C(=O)SCCF)[C@@]3(C)C[C@H](O)[C@@]12F. The molecule has 0 spiro atoms. The standard InChI is InChI=1S/C30H33ClF3NO4S/c1-27-8-7-20(36)12-23(27)24(33)13-22-21-11-18-16-35(15-17-3-5-19(31)6-4-17)39-30(18,26(38)40-10-9-32)28(21,2)14-25(37)29(22,27)34/h3-8,18,21-22,25,37H,9-16H2,1-2H3/t18-,21-,22-,25-,27-,28-,29-,30-/m0/s1. The van der Waals surface area contributed by atoms with Gasteiger partial charge in [0.25, 0.3) is 0 Å². The summed E-state index contributed by atoms with van der Waals surface area (Å²) >= 11 is 6.90. The lowest BCUT2D eigenvalue weighted by Crippen LogP contribution is -2.69. The topological polar surface area (TPSA) is 66.8 Å². The molecule has 2 saturated carbocycles. The van der Waals surface area contributed by atoms with Gasteiger partial charge in [0.15, 0.2) is 17.1 Å². The van der Waals surface area contributed by atoms with Crippen molar-refractivity contribution in [1.29, 1.82) is 0 Å². The van der Waals surface area contributed by atoms with E-state index < -0.39 is 52.5 Å². The second-order valence-electron chi connectivity index (χ2n) is 12.4. The van der Waals surface area contributed by atoms with Crippen LogP contribution in [0.25, 0.3) is 0 Å². The lowest BCUT2D eigenvalue weighted by Gasteiger charge is -2.62. The Balaban J connectivity index is 1.40. The average Bonchev–Trinajstić information content (AvgIpc) is 3.39. The molecule has 1 saturated heterocycles. The van der Waals surface area contributed by atoms with Crippen molar-refractivity contribution >= 4 is 34.3 Å². The van der Waals surface area contributed by atoms with Crippen LogP contribution in [0, 0.1) is 28.6 Å².